The van der Waals surface area contributed by atoms with Gasteiger partial charge < -0.3 is 19.5 Å². The van der Waals surface area contributed by atoms with Crippen LogP contribution in [0.5, 0.6) is 11.5 Å². The van der Waals surface area contributed by atoms with Gasteiger partial charge in [-0.05, 0) is 50.5 Å². The average molecular weight is 421 g/mol. The monoisotopic (exact) mass is 421 g/mol. The lowest BCUT2D eigenvalue weighted by Crippen LogP contribution is -2.41. The lowest BCUT2D eigenvalue weighted by molar-refractivity contribution is -0.129. The topological polar surface area (TPSA) is 73.9 Å². The van der Waals surface area contributed by atoms with Crippen LogP contribution in [0.2, 0.25) is 0 Å². The van der Waals surface area contributed by atoms with Crippen molar-refractivity contribution in [2.45, 2.75) is 45.4 Å². The molecule has 0 aliphatic carbocycles. The number of halogens is 2. The summed E-state index contributed by atoms with van der Waals surface area (Å²) >= 11 is 0. The predicted molar refractivity (Wildman–Crippen MR) is 107 cm³/mol. The molecule has 6 nitrogen and oxygen atoms in total. The molecule has 1 N–H and O–H groups in total. The van der Waals surface area contributed by atoms with Crippen molar-refractivity contribution in [2.75, 3.05) is 7.11 Å². The minimum atomic E-state index is -3.02. The standard InChI is InChI=1S/C22H25F2NO5/c1-14(9-10-16-7-5-4-6-8-16)25-20(26)15(2)29-21(27)17-11-12-18(30-22(23)24)19(13-17)28-3/h4-8,11-15,22H,9-10H2,1-3H3,(H,25,26)/t14-,15-/m1/s1. The van der Waals surface area contributed by atoms with Gasteiger partial charge in [0.25, 0.3) is 5.91 Å². The van der Waals surface area contributed by atoms with Crippen LogP contribution in [-0.2, 0) is 16.0 Å². The Bertz CT molecular complexity index is 845. The number of esters is 1. The van der Waals surface area contributed by atoms with Gasteiger partial charge >= 0.3 is 12.6 Å². The van der Waals surface area contributed by atoms with Gasteiger partial charge in [-0.2, -0.15) is 8.78 Å². The van der Waals surface area contributed by atoms with Crippen molar-refractivity contribution in [1.29, 1.82) is 0 Å². The summed E-state index contributed by atoms with van der Waals surface area (Å²) in [5.74, 6) is -1.46. The zero-order valence-electron chi connectivity index (χ0n) is 17.1. The van der Waals surface area contributed by atoms with Gasteiger partial charge in [0.1, 0.15) is 0 Å². The van der Waals surface area contributed by atoms with E-state index in [1.165, 1.54) is 37.8 Å². The van der Waals surface area contributed by atoms with Gasteiger partial charge in [0.15, 0.2) is 17.6 Å². The van der Waals surface area contributed by atoms with Gasteiger partial charge in [-0.3, -0.25) is 4.79 Å². The molecule has 2 aromatic rings. The average Bonchev–Trinajstić information content (AvgIpc) is 2.72. The molecule has 0 aliphatic heterocycles. The summed E-state index contributed by atoms with van der Waals surface area (Å²) < 4.78 is 39.3. The van der Waals surface area contributed by atoms with E-state index in [2.05, 4.69) is 10.1 Å². The number of rotatable bonds is 10. The first-order valence-corrected chi connectivity index (χ1v) is 9.48. The Morgan fingerprint density at radius 3 is 2.37 bits per heavy atom. The van der Waals surface area contributed by atoms with Crippen molar-refractivity contribution < 1.29 is 32.6 Å². The third kappa shape index (κ3) is 7.02. The summed E-state index contributed by atoms with van der Waals surface area (Å²) in [6, 6.07) is 13.4. The predicted octanol–water partition coefficient (Wildman–Crippen LogP) is 3.98. The molecule has 0 bridgehead atoms. The second kappa shape index (κ2) is 11.1. The highest BCUT2D eigenvalue weighted by Crippen LogP contribution is 2.29. The first kappa shape index (κ1) is 23.1. The van der Waals surface area contributed by atoms with Crippen LogP contribution in [0.1, 0.15) is 36.2 Å². The molecule has 0 heterocycles. The second-order valence-electron chi connectivity index (χ2n) is 6.73. The molecule has 0 radical (unpaired) electrons. The molecule has 2 aromatic carbocycles. The largest absolute Gasteiger partial charge is 0.493 e. The molecule has 0 unspecified atom stereocenters. The lowest BCUT2D eigenvalue weighted by atomic mass is 10.1. The van der Waals surface area contributed by atoms with Crippen LogP contribution in [0.4, 0.5) is 8.78 Å². The third-order valence-electron chi connectivity index (χ3n) is 4.37. The smallest absolute Gasteiger partial charge is 0.387 e. The summed E-state index contributed by atoms with van der Waals surface area (Å²) in [5.41, 5.74) is 1.22. The molecular formula is C22H25F2NO5. The maximum atomic E-state index is 12.4. The van der Waals surface area contributed by atoms with Crippen LogP contribution >= 0.6 is 0 Å². The first-order valence-electron chi connectivity index (χ1n) is 9.48. The van der Waals surface area contributed by atoms with E-state index < -0.39 is 24.6 Å². The molecule has 1 amide bonds. The van der Waals surface area contributed by atoms with Crippen LogP contribution in [-0.4, -0.2) is 37.7 Å². The fourth-order valence-corrected chi connectivity index (χ4v) is 2.73. The zero-order chi connectivity index (χ0) is 22.1. The van der Waals surface area contributed by atoms with E-state index in [0.29, 0.717) is 0 Å². The molecule has 0 fully saturated rings. The van der Waals surface area contributed by atoms with Crippen molar-refractivity contribution in [3.8, 4) is 11.5 Å². The molecule has 0 aromatic heterocycles. The van der Waals surface area contributed by atoms with E-state index in [4.69, 9.17) is 9.47 Å². The summed E-state index contributed by atoms with van der Waals surface area (Å²) in [6.45, 7) is 0.314. The van der Waals surface area contributed by atoms with Crippen molar-refractivity contribution >= 4 is 11.9 Å². The number of alkyl halides is 2. The van der Waals surface area contributed by atoms with Gasteiger partial charge in [-0.15, -0.1) is 0 Å². The summed E-state index contributed by atoms with van der Waals surface area (Å²) in [7, 11) is 1.26. The third-order valence-corrected chi connectivity index (χ3v) is 4.37. The Balaban J connectivity index is 1.88. The molecular weight excluding hydrogens is 396 g/mol. The van der Waals surface area contributed by atoms with Crippen LogP contribution < -0.4 is 14.8 Å². The van der Waals surface area contributed by atoms with Gasteiger partial charge in [0.05, 0.1) is 12.7 Å². The van der Waals surface area contributed by atoms with E-state index in [1.54, 1.807) is 0 Å². The fourth-order valence-electron chi connectivity index (χ4n) is 2.73. The van der Waals surface area contributed by atoms with E-state index in [1.807, 2.05) is 37.3 Å². The molecule has 162 valence electrons. The number of hydrogen-bond donors (Lipinski definition) is 1. The minimum Gasteiger partial charge on any atom is -0.493 e. The van der Waals surface area contributed by atoms with Crippen molar-refractivity contribution in [1.82, 2.24) is 5.32 Å². The number of amides is 1. The van der Waals surface area contributed by atoms with Crippen molar-refractivity contribution in [3.63, 3.8) is 0 Å². The number of ether oxygens (including phenoxy) is 3. The molecule has 2 rings (SSSR count). The van der Waals surface area contributed by atoms with Gasteiger partial charge in [-0.1, -0.05) is 30.3 Å². The Hall–Kier alpha value is -3.16. The fraction of sp³-hybridized carbons (Fsp3) is 0.364. The molecule has 0 saturated carbocycles. The van der Waals surface area contributed by atoms with E-state index in [9.17, 15) is 18.4 Å². The first-order chi connectivity index (χ1) is 14.3. The number of nitrogens with one attached hydrogen (secondary N) is 1. The molecule has 0 aliphatic rings. The Morgan fingerprint density at radius 2 is 1.73 bits per heavy atom. The zero-order valence-corrected chi connectivity index (χ0v) is 17.1. The number of carbonyl (C=O) groups is 2. The summed E-state index contributed by atoms with van der Waals surface area (Å²) in [4.78, 5) is 24.6. The lowest BCUT2D eigenvalue weighted by Gasteiger charge is -2.18. The summed E-state index contributed by atoms with van der Waals surface area (Å²) in [6.07, 6.45) is 0.516. The maximum Gasteiger partial charge on any atom is 0.387 e. The van der Waals surface area contributed by atoms with Crippen molar-refractivity contribution in [3.05, 3.63) is 59.7 Å². The van der Waals surface area contributed by atoms with E-state index >= 15 is 0 Å². The van der Waals surface area contributed by atoms with Crippen molar-refractivity contribution in [2.24, 2.45) is 0 Å². The maximum absolute atomic E-state index is 12.4. The van der Waals surface area contributed by atoms with Gasteiger partial charge in [-0.25, -0.2) is 4.79 Å². The van der Waals surface area contributed by atoms with E-state index in [0.717, 1.165) is 12.8 Å². The number of methoxy groups -OCH3 is 1. The molecule has 0 spiro atoms. The minimum absolute atomic E-state index is 0.0450. The SMILES string of the molecule is COc1cc(C(=O)O[C@H](C)C(=O)N[C@H](C)CCc2ccccc2)ccc1OC(F)F. The number of carbonyl (C=O) groups excluding carboxylic acids is 2. The van der Waals surface area contributed by atoms with Crippen LogP contribution in [0.15, 0.2) is 48.5 Å². The molecule has 0 saturated heterocycles. The number of aryl methyl sites for hydroxylation is 1. The van der Waals surface area contributed by atoms with Gasteiger partial charge in [0, 0.05) is 6.04 Å². The molecule has 8 heteroatoms. The van der Waals surface area contributed by atoms with E-state index in [-0.39, 0.29) is 23.1 Å². The highest BCUT2D eigenvalue weighted by atomic mass is 19.3. The van der Waals surface area contributed by atoms with Crippen LogP contribution in [0, 0.1) is 0 Å². The molecule has 2 atom stereocenters. The quantitative estimate of drug-likeness (QED) is 0.588. The Labute approximate surface area is 174 Å². The Morgan fingerprint density at radius 1 is 1.03 bits per heavy atom. The number of benzene rings is 2. The number of hydrogen-bond acceptors (Lipinski definition) is 5. The van der Waals surface area contributed by atoms with Crippen LogP contribution in [0.25, 0.3) is 0 Å². The normalized spacial score (nSPS) is 12.7. The highest BCUT2D eigenvalue weighted by molar-refractivity contribution is 5.92. The highest BCUT2D eigenvalue weighted by Gasteiger charge is 2.22. The van der Waals surface area contributed by atoms with Gasteiger partial charge in [0.2, 0.25) is 0 Å². The Kier molecular flexibility index (Phi) is 8.58. The second-order valence-corrected chi connectivity index (χ2v) is 6.73. The van der Waals surface area contributed by atoms with Crippen LogP contribution in [0.3, 0.4) is 0 Å². The molecule has 30 heavy (non-hydrogen) atoms. The summed E-state index contributed by atoms with van der Waals surface area (Å²) in [5, 5.41) is 2.82.